The number of aromatic nitrogens is 1. The molecule has 3 N–H and O–H groups in total. The van der Waals surface area contributed by atoms with Crippen molar-refractivity contribution >= 4 is 29.9 Å². The first-order valence-corrected chi connectivity index (χ1v) is 8.63. The van der Waals surface area contributed by atoms with Gasteiger partial charge in [0.15, 0.2) is 0 Å². The van der Waals surface area contributed by atoms with Crippen LogP contribution < -0.4 is 10.6 Å². The molecule has 7 heteroatoms. The number of piperidine rings is 1. The Morgan fingerprint density at radius 2 is 2.00 bits per heavy atom. The first-order chi connectivity index (χ1) is 11.7. The number of nitrogens with one attached hydrogen (secondary N) is 2. The molecule has 136 valence electrons. The summed E-state index contributed by atoms with van der Waals surface area (Å²) in [5, 5.41) is 16.9. The van der Waals surface area contributed by atoms with E-state index < -0.39 is 6.10 Å². The number of hydrogen-bond acceptors (Lipinski definition) is 3. The summed E-state index contributed by atoms with van der Waals surface area (Å²) in [6, 6.07) is 11.2. The number of aliphatic hydroxyl groups is 1. The number of carbonyl (C=O) groups is 1. The number of nitrogens with zero attached hydrogens (tertiary/aromatic N) is 1. The van der Waals surface area contributed by atoms with Crippen molar-refractivity contribution in [1.82, 2.24) is 15.2 Å². The lowest BCUT2D eigenvalue weighted by molar-refractivity contribution is 0.0903. The minimum absolute atomic E-state index is 0. The van der Waals surface area contributed by atoms with E-state index in [4.69, 9.17) is 11.6 Å². The second kappa shape index (κ2) is 9.25. The van der Waals surface area contributed by atoms with Gasteiger partial charge in [-0.25, -0.2) is 0 Å². The molecule has 0 bridgehead atoms. The number of carbonyl (C=O) groups excluding carboxylic acids is 1. The molecule has 5 nitrogen and oxygen atoms in total. The highest BCUT2D eigenvalue weighted by Crippen LogP contribution is 2.23. The van der Waals surface area contributed by atoms with E-state index in [1.807, 2.05) is 35.0 Å². The summed E-state index contributed by atoms with van der Waals surface area (Å²) in [4.78, 5) is 12.5. The summed E-state index contributed by atoms with van der Waals surface area (Å²) in [5.41, 5.74) is 1.25. The van der Waals surface area contributed by atoms with E-state index in [0.717, 1.165) is 25.9 Å². The number of hydrogen-bond donors (Lipinski definition) is 3. The Hall–Kier alpha value is -1.53. The lowest BCUT2D eigenvalue weighted by Gasteiger charge is -2.26. The lowest BCUT2D eigenvalue weighted by Crippen LogP contribution is -2.33. The predicted molar refractivity (Wildman–Crippen MR) is 102 cm³/mol. The monoisotopic (exact) mass is 383 g/mol. The van der Waals surface area contributed by atoms with Crippen molar-refractivity contribution in [3.8, 4) is 0 Å². The first kappa shape index (κ1) is 19.8. The number of rotatable bonds is 5. The van der Waals surface area contributed by atoms with Crippen LogP contribution in [0.4, 0.5) is 0 Å². The molecule has 1 aliphatic heterocycles. The van der Waals surface area contributed by atoms with E-state index in [-0.39, 0.29) is 24.9 Å². The quantitative estimate of drug-likeness (QED) is 0.743. The molecule has 1 amide bonds. The summed E-state index contributed by atoms with van der Waals surface area (Å²) >= 11 is 6.08. The highest BCUT2D eigenvalue weighted by Gasteiger charge is 2.20. The molecule has 1 aromatic carbocycles. The average Bonchev–Trinajstić information content (AvgIpc) is 3.10. The Morgan fingerprint density at radius 1 is 1.28 bits per heavy atom. The number of amides is 1. The molecule has 1 unspecified atom stereocenters. The predicted octanol–water partition coefficient (Wildman–Crippen LogP) is 2.95. The Bertz CT molecular complexity index is 699. The highest BCUT2D eigenvalue weighted by molar-refractivity contribution is 6.31. The number of benzene rings is 1. The lowest BCUT2D eigenvalue weighted by atomic mass is 10.1. The number of halogens is 2. The van der Waals surface area contributed by atoms with Crippen molar-refractivity contribution in [3.05, 3.63) is 58.9 Å². The molecule has 0 spiro atoms. The summed E-state index contributed by atoms with van der Waals surface area (Å²) in [6.45, 7) is 2.06. The third-order valence-electron chi connectivity index (χ3n) is 4.43. The average molecular weight is 384 g/mol. The van der Waals surface area contributed by atoms with Crippen molar-refractivity contribution in [1.29, 1.82) is 0 Å². The molecular formula is C18H23Cl2N3O2. The Balaban J connectivity index is 0.00000225. The molecule has 1 aromatic heterocycles. The van der Waals surface area contributed by atoms with Gasteiger partial charge in [-0.1, -0.05) is 29.8 Å². The first-order valence-electron chi connectivity index (χ1n) is 8.25. The summed E-state index contributed by atoms with van der Waals surface area (Å²) in [5.74, 6) is -0.176. The largest absolute Gasteiger partial charge is 0.387 e. The molecule has 1 atom stereocenters. The van der Waals surface area contributed by atoms with Crippen LogP contribution in [0.1, 0.15) is 41.0 Å². The maximum Gasteiger partial charge on any atom is 0.268 e. The van der Waals surface area contributed by atoms with Gasteiger partial charge in [0.25, 0.3) is 5.91 Å². The second-order valence-electron chi connectivity index (χ2n) is 6.03. The summed E-state index contributed by atoms with van der Waals surface area (Å²) in [6.07, 6.45) is 3.15. The van der Waals surface area contributed by atoms with Crippen molar-refractivity contribution in [2.45, 2.75) is 25.0 Å². The summed E-state index contributed by atoms with van der Waals surface area (Å²) < 4.78 is 2.04. The minimum atomic E-state index is -0.829. The fourth-order valence-corrected chi connectivity index (χ4v) is 3.39. The standard InChI is InChI=1S/C18H22ClN3O2.ClH/c19-15-5-2-1-4-14(15)17(23)12-21-18(24)16-6-3-11-22(16)13-7-9-20-10-8-13;/h1-6,11,13,17,20,23H,7-10,12H2,(H,21,24);1H. The Kier molecular flexibility index (Phi) is 7.32. The molecule has 0 radical (unpaired) electrons. The van der Waals surface area contributed by atoms with Gasteiger partial charge in [0, 0.05) is 29.4 Å². The maximum absolute atomic E-state index is 12.5. The van der Waals surface area contributed by atoms with Gasteiger partial charge in [-0.15, -0.1) is 12.4 Å². The van der Waals surface area contributed by atoms with E-state index >= 15 is 0 Å². The van der Waals surface area contributed by atoms with Crippen LogP contribution in [0, 0.1) is 0 Å². The van der Waals surface area contributed by atoms with Gasteiger partial charge in [0.05, 0.1) is 6.10 Å². The van der Waals surface area contributed by atoms with Gasteiger partial charge >= 0.3 is 0 Å². The van der Waals surface area contributed by atoms with Gasteiger partial charge in [-0.05, 0) is 44.1 Å². The molecule has 25 heavy (non-hydrogen) atoms. The van der Waals surface area contributed by atoms with Crippen molar-refractivity contribution in [2.75, 3.05) is 19.6 Å². The van der Waals surface area contributed by atoms with Crippen molar-refractivity contribution < 1.29 is 9.90 Å². The Labute approximate surface area is 158 Å². The molecule has 2 aromatic rings. The molecule has 3 rings (SSSR count). The molecule has 1 aliphatic rings. The van der Waals surface area contributed by atoms with Gasteiger partial charge < -0.3 is 20.3 Å². The molecule has 0 saturated carbocycles. The second-order valence-corrected chi connectivity index (χ2v) is 6.44. The van der Waals surface area contributed by atoms with E-state index in [1.165, 1.54) is 0 Å². The zero-order chi connectivity index (χ0) is 16.9. The van der Waals surface area contributed by atoms with Crippen LogP contribution in [0.5, 0.6) is 0 Å². The Morgan fingerprint density at radius 3 is 2.72 bits per heavy atom. The molecule has 1 fully saturated rings. The summed E-state index contributed by atoms with van der Waals surface area (Å²) in [7, 11) is 0. The van der Waals surface area contributed by atoms with Crippen LogP contribution in [0.3, 0.4) is 0 Å². The van der Waals surface area contributed by atoms with Gasteiger partial charge in [0.2, 0.25) is 0 Å². The molecular weight excluding hydrogens is 361 g/mol. The molecule has 2 heterocycles. The zero-order valence-electron chi connectivity index (χ0n) is 13.8. The van der Waals surface area contributed by atoms with Crippen LogP contribution in [-0.2, 0) is 0 Å². The van der Waals surface area contributed by atoms with E-state index in [2.05, 4.69) is 10.6 Å². The van der Waals surface area contributed by atoms with Crippen LogP contribution in [0.25, 0.3) is 0 Å². The van der Waals surface area contributed by atoms with Crippen LogP contribution in [0.2, 0.25) is 5.02 Å². The third kappa shape index (κ3) is 4.76. The molecule has 1 saturated heterocycles. The number of aliphatic hydroxyl groups excluding tert-OH is 1. The van der Waals surface area contributed by atoms with Crippen LogP contribution in [0.15, 0.2) is 42.6 Å². The highest BCUT2D eigenvalue weighted by atomic mass is 35.5. The van der Waals surface area contributed by atoms with E-state index in [1.54, 1.807) is 12.1 Å². The normalized spacial score (nSPS) is 16.1. The fourth-order valence-electron chi connectivity index (χ4n) is 3.12. The van der Waals surface area contributed by atoms with Gasteiger partial charge in [-0.3, -0.25) is 4.79 Å². The van der Waals surface area contributed by atoms with E-state index in [0.29, 0.717) is 22.3 Å². The minimum Gasteiger partial charge on any atom is -0.387 e. The van der Waals surface area contributed by atoms with Crippen molar-refractivity contribution in [2.24, 2.45) is 0 Å². The van der Waals surface area contributed by atoms with Gasteiger partial charge in [0.1, 0.15) is 5.69 Å². The fraction of sp³-hybridized carbons (Fsp3) is 0.389. The zero-order valence-corrected chi connectivity index (χ0v) is 15.4. The van der Waals surface area contributed by atoms with Crippen LogP contribution in [-0.4, -0.2) is 35.2 Å². The van der Waals surface area contributed by atoms with Gasteiger partial charge in [-0.2, -0.15) is 0 Å². The smallest absolute Gasteiger partial charge is 0.268 e. The topological polar surface area (TPSA) is 66.3 Å². The molecule has 0 aliphatic carbocycles. The van der Waals surface area contributed by atoms with Crippen LogP contribution >= 0.6 is 24.0 Å². The maximum atomic E-state index is 12.5. The van der Waals surface area contributed by atoms with Crippen molar-refractivity contribution in [3.63, 3.8) is 0 Å². The SMILES string of the molecule is Cl.O=C(NCC(O)c1ccccc1Cl)c1cccn1C1CCNCC1. The third-order valence-corrected chi connectivity index (χ3v) is 4.78. The van der Waals surface area contributed by atoms with E-state index in [9.17, 15) is 9.90 Å².